The molecule has 0 saturated heterocycles. The Labute approximate surface area is 62.4 Å². The number of methoxy groups -OCH3 is 1. The van der Waals surface area contributed by atoms with E-state index in [0.717, 1.165) is 5.76 Å². The molecular weight excluding hydrogens is 124 g/mol. The topological polar surface area (TPSA) is 9.23 Å². The van der Waals surface area contributed by atoms with Crippen molar-refractivity contribution in [2.45, 2.75) is 13.3 Å². The molecule has 1 rings (SSSR count). The van der Waals surface area contributed by atoms with E-state index in [2.05, 4.69) is 18.7 Å². The van der Waals surface area contributed by atoms with Crippen LogP contribution in [-0.4, -0.2) is 7.11 Å². The lowest BCUT2D eigenvalue weighted by atomic mass is 10.3. The highest BCUT2D eigenvalue weighted by molar-refractivity contribution is 5.12. The Morgan fingerprint density at radius 1 is 1.70 bits per heavy atom. The van der Waals surface area contributed by atoms with Crippen molar-refractivity contribution in [3.8, 4) is 0 Å². The first-order chi connectivity index (χ1) is 4.79. The van der Waals surface area contributed by atoms with Crippen molar-refractivity contribution < 1.29 is 4.74 Å². The van der Waals surface area contributed by atoms with E-state index in [4.69, 9.17) is 4.74 Å². The maximum atomic E-state index is 5.02. The third-order valence-corrected chi connectivity index (χ3v) is 1.96. The van der Waals surface area contributed by atoms with Crippen LogP contribution in [0.5, 0.6) is 0 Å². The molecule has 0 aromatic carbocycles. The quantitative estimate of drug-likeness (QED) is 0.429. The summed E-state index contributed by atoms with van der Waals surface area (Å²) in [4.78, 5) is 0. The number of rotatable bonds is 3. The van der Waals surface area contributed by atoms with Gasteiger partial charge in [0.2, 0.25) is 0 Å². The Hall–Kier alpha value is -0.720. The molecule has 1 aliphatic rings. The number of hydrogen-bond donors (Lipinski definition) is 0. The van der Waals surface area contributed by atoms with E-state index in [9.17, 15) is 0 Å². The first-order valence-corrected chi connectivity index (χ1v) is 3.65. The maximum Gasteiger partial charge on any atom is 0.0920 e. The largest absolute Gasteiger partial charge is 0.501 e. The molecule has 1 saturated carbocycles. The lowest BCUT2D eigenvalue weighted by molar-refractivity contribution is 0.270. The predicted octanol–water partition coefficient (Wildman–Crippen LogP) is 2.36. The first-order valence-electron chi connectivity index (χ1n) is 3.65. The summed E-state index contributed by atoms with van der Waals surface area (Å²) < 4.78 is 5.02. The summed E-state index contributed by atoms with van der Waals surface area (Å²) >= 11 is 0. The molecule has 56 valence electrons. The fraction of sp³-hybridized carbons (Fsp3) is 0.556. The minimum Gasteiger partial charge on any atom is -0.501 e. The highest BCUT2D eigenvalue weighted by atomic mass is 16.5. The van der Waals surface area contributed by atoms with Gasteiger partial charge in [0.15, 0.2) is 0 Å². The summed E-state index contributed by atoms with van der Waals surface area (Å²) in [5, 5.41) is 0. The summed E-state index contributed by atoms with van der Waals surface area (Å²) in [6.07, 6.45) is 5.53. The molecule has 0 aliphatic heterocycles. The average Bonchev–Trinajstić information content (AvgIpc) is 2.67. The van der Waals surface area contributed by atoms with Crippen molar-refractivity contribution in [1.82, 2.24) is 0 Å². The van der Waals surface area contributed by atoms with Gasteiger partial charge >= 0.3 is 0 Å². The molecule has 0 aromatic rings. The molecule has 10 heavy (non-hydrogen) atoms. The minimum absolute atomic E-state index is 0.598. The molecule has 0 aromatic heterocycles. The molecule has 2 atom stereocenters. The SMILES string of the molecule is C=C(OC)C1CC1/C=C\C. The molecule has 0 radical (unpaired) electrons. The van der Waals surface area contributed by atoms with Crippen molar-refractivity contribution in [2.75, 3.05) is 7.11 Å². The Balaban J connectivity index is 2.31. The van der Waals surface area contributed by atoms with Crippen LogP contribution in [-0.2, 0) is 4.74 Å². The first kappa shape index (κ1) is 7.39. The van der Waals surface area contributed by atoms with Gasteiger partial charge in [-0.1, -0.05) is 18.7 Å². The third-order valence-electron chi connectivity index (χ3n) is 1.96. The Kier molecular flexibility index (Phi) is 2.15. The highest BCUT2D eigenvalue weighted by Gasteiger charge is 2.37. The molecular formula is C9H14O. The summed E-state index contributed by atoms with van der Waals surface area (Å²) in [6.45, 7) is 5.86. The Morgan fingerprint density at radius 3 is 2.90 bits per heavy atom. The molecule has 0 spiro atoms. The van der Waals surface area contributed by atoms with Gasteiger partial charge < -0.3 is 4.74 Å². The second kappa shape index (κ2) is 2.91. The standard InChI is InChI=1S/C9H14O/c1-4-5-8-6-9(8)7(2)10-3/h4-5,8-9H,2,6H2,1,3H3/b5-4-. The van der Waals surface area contributed by atoms with E-state index < -0.39 is 0 Å². The number of ether oxygens (including phenoxy) is 1. The smallest absolute Gasteiger partial charge is 0.0920 e. The second-order valence-electron chi connectivity index (χ2n) is 2.70. The van der Waals surface area contributed by atoms with Gasteiger partial charge in [0, 0.05) is 5.92 Å². The van der Waals surface area contributed by atoms with E-state index in [1.165, 1.54) is 6.42 Å². The summed E-state index contributed by atoms with van der Waals surface area (Å²) in [5.74, 6) is 2.24. The molecule has 1 aliphatic carbocycles. The lowest BCUT2D eigenvalue weighted by Gasteiger charge is -1.99. The van der Waals surface area contributed by atoms with E-state index in [0.29, 0.717) is 11.8 Å². The van der Waals surface area contributed by atoms with Crippen LogP contribution in [0.25, 0.3) is 0 Å². The van der Waals surface area contributed by atoms with Crippen molar-refractivity contribution in [2.24, 2.45) is 11.8 Å². The maximum absolute atomic E-state index is 5.02. The van der Waals surface area contributed by atoms with Crippen LogP contribution in [0.2, 0.25) is 0 Å². The monoisotopic (exact) mass is 138 g/mol. The van der Waals surface area contributed by atoms with Crippen molar-refractivity contribution >= 4 is 0 Å². The zero-order chi connectivity index (χ0) is 7.56. The van der Waals surface area contributed by atoms with Crippen LogP contribution in [0.15, 0.2) is 24.5 Å². The van der Waals surface area contributed by atoms with Crippen LogP contribution in [0.1, 0.15) is 13.3 Å². The van der Waals surface area contributed by atoms with Crippen LogP contribution in [0.4, 0.5) is 0 Å². The van der Waals surface area contributed by atoms with Crippen molar-refractivity contribution in [1.29, 1.82) is 0 Å². The van der Waals surface area contributed by atoms with Gasteiger partial charge in [-0.3, -0.25) is 0 Å². The summed E-state index contributed by atoms with van der Waals surface area (Å²) in [7, 11) is 1.69. The second-order valence-corrected chi connectivity index (χ2v) is 2.70. The van der Waals surface area contributed by atoms with Gasteiger partial charge in [-0.05, 0) is 19.3 Å². The predicted molar refractivity (Wildman–Crippen MR) is 42.6 cm³/mol. The van der Waals surface area contributed by atoms with Crippen LogP contribution < -0.4 is 0 Å². The molecule has 0 amide bonds. The van der Waals surface area contributed by atoms with Crippen LogP contribution >= 0.6 is 0 Å². The minimum atomic E-state index is 0.598. The normalized spacial score (nSPS) is 30.6. The van der Waals surface area contributed by atoms with Crippen molar-refractivity contribution in [3.05, 3.63) is 24.5 Å². The molecule has 2 unspecified atom stereocenters. The molecule has 1 nitrogen and oxygen atoms in total. The number of allylic oxidation sites excluding steroid dienone is 3. The van der Waals surface area contributed by atoms with Gasteiger partial charge in [0.05, 0.1) is 12.9 Å². The van der Waals surface area contributed by atoms with Gasteiger partial charge in [-0.15, -0.1) is 0 Å². The zero-order valence-electron chi connectivity index (χ0n) is 6.63. The van der Waals surface area contributed by atoms with Gasteiger partial charge in [-0.2, -0.15) is 0 Å². The fourth-order valence-electron chi connectivity index (χ4n) is 1.20. The highest BCUT2D eigenvalue weighted by Crippen LogP contribution is 2.44. The molecule has 1 heteroatoms. The summed E-state index contributed by atoms with van der Waals surface area (Å²) in [6, 6.07) is 0. The summed E-state index contributed by atoms with van der Waals surface area (Å²) in [5.41, 5.74) is 0. The lowest BCUT2D eigenvalue weighted by Crippen LogP contribution is -1.87. The van der Waals surface area contributed by atoms with Gasteiger partial charge in [0.25, 0.3) is 0 Å². The van der Waals surface area contributed by atoms with E-state index in [1.807, 2.05) is 6.92 Å². The Bertz CT molecular complexity index is 158. The van der Waals surface area contributed by atoms with E-state index in [-0.39, 0.29) is 0 Å². The van der Waals surface area contributed by atoms with E-state index >= 15 is 0 Å². The molecule has 0 bridgehead atoms. The molecule has 0 N–H and O–H groups in total. The van der Waals surface area contributed by atoms with Crippen LogP contribution in [0.3, 0.4) is 0 Å². The zero-order valence-corrected chi connectivity index (χ0v) is 6.63. The van der Waals surface area contributed by atoms with Crippen molar-refractivity contribution in [3.63, 3.8) is 0 Å². The fourth-order valence-corrected chi connectivity index (χ4v) is 1.20. The molecule has 1 fully saturated rings. The average molecular weight is 138 g/mol. The number of hydrogen-bond acceptors (Lipinski definition) is 1. The van der Waals surface area contributed by atoms with Crippen LogP contribution in [0, 0.1) is 11.8 Å². The molecule has 0 heterocycles. The van der Waals surface area contributed by atoms with Gasteiger partial charge in [0.1, 0.15) is 0 Å². The van der Waals surface area contributed by atoms with Gasteiger partial charge in [-0.25, -0.2) is 0 Å². The van der Waals surface area contributed by atoms with E-state index in [1.54, 1.807) is 7.11 Å². The Morgan fingerprint density at radius 2 is 2.40 bits per heavy atom. The third kappa shape index (κ3) is 1.41.